The maximum atomic E-state index is 12.7. The molecule has 0 amide bonds. The first kappa shape index (κ1) is 55.4. The van der Waals surface area contributed by atoms with Gasteiger partial charge in [0.1, 0.15) is 12.2 Å². The zero-order valence-electron chi connectivity index (χ0n) is 39.5. The molecule has 0 spiro atoms. The van der Waals surface area contributed by atoms with Crippen LogP contribution in [0.4, 0.5) is 0 Å². The minimum atomic E-state index is -1.36. The van der Waals surface area contributed by atoms with Crippen molar-refractivity contribution in [3.05, 3.63) is 60.8 Å². The van der Waals surface area contributed by atoms with E-state index in [2.05, 4.69) is 129 Å². The van der Waals surface area contributed by atoms with Gasteiger partial charge in [0.15, 0.2) is 6.61 Å². The molecule has 0 aliphatic carbocycles. The van der Waals surface area contributed by atoms with Crippen molar-refractivity contribution in [2.75, 3.05) is 6.61 Å². The Balaban J connectivity index is 1.71. The molecule has 2 heterocycles. The van der Waals surface area contributed by atoms with Crippen LogP contribution < -0.4 is 0 Å². The van der Waals surface area contributed by atoms with Crippen molar-refractivity contribution in [1.29, 1.82) is 0 Å². The predicted octanol–water partition coefficient (Wildman–Crippen LogP) is 12.5. The maximum Gasteiger partial charge on any atom is 0.309 e. The molecule has 8 heteroatoms. The molecule has 0 aromatic heterocycles. The standard InChI is InChI=1S/C56H78O8/c1-4-7-10-13-16-17-18-19-20-21-22-23-26-29-39-46-54(58)63-56(64-55(59)47-40-33-31-37-44-52-50(62-52)42-35-28-25-15-12-9-6-3)48-60-53(57)45-38-32-30-36-43-51-49(61-51)41-34-27-24-14-11-8-5-2/h8-9,11-12,14-15,19-20,24-25,49-52,56H,4-7,10,13,16-18,21-23,26-29,34-35,38-42,45-48H2,1-3H3/b11-8-,12-9-,20-19-,24-14-,25-15-/t49-,50-,51-,52-,56-/m1/s1. The molecule has 0 bridgehead atoms. The van der Waals surface area contributed by atoms with Gasteiger partial charge in [0.05, 0.1) is 25.0 Å². The molecule has 8 nitrogen and oxygen atoms in total. The Bertz CT molecular complexity index is 1700. The number of rotatable bonds is 35. The Morgan fingerprint density at radius 1 is 0.500 bits per heavy atom. The van der Waals surface area contributed by atoms with E-state index in [4.69, 9.17) is 23.7 Å². The Morgan fingerprint density at radius 2 is 0.953 bits per heavy atom. The van der Waals surface area contributed by atoms with Crippen molar-refractivity contribution in [3.63, 3.8) is 0 Å². The van der Waals surface area contributed by atoms with E-state index >= 15 is 0 Å². The molecule has 2 fully saturated rings. The van der Waals surface area contributed by atoms with Crippen LogP contribution in [0.15, 0.2) is 60.8 Å². The smallest absolute Gasteiger partial charge is 0.309 e. The van der Waals surface area contributed by atoms with Gasteiger partial charge in [-0.3, -0.25) is 14.4 Å². The predicted molar refractivity (Wildman–Crippen MR) is 258 cm³/mol. The molecular formula is C56H78O8. The van der Waals surface area contributed by atoms with Crippen LogP contribution in [0, 0.1) is 47.4 Å². The molecule has 2 aliphatic rings. The summed E-state index contributed by atoms with van der Waals surface area (Å²) in [4.78, 5) is 38.0. The van der Waals surface area contributed by atoms with Gasteiger partial charge < -0.3 is 23.7 Å². The lowest BCUT2D eigenvalue weighted by Crippen LogP contribution is -2.30. The van der Waals surface area contributed by atoms with Crippen molar-refractivity contribution in [2.24, 2.45) is 0 Å². The Labute approximate surface area is 387 Å². The number of allylic oxidation sites excluding steroid dienone is 10. The number of carbonyl (C=O) groups excluding carboxylic acids is 3. The number of carbonyl (C=O) groups is 3. The molecule has 0 unspecified atom stereocenters. The third kappa shape index (κ3) is 33.8. The summed E-state index contributed by atoms with van der Waals surface area (Å²) in [5, 5.41) is 0. The van der Waals surface area contributed by atoms with Crippen LogP contribution in [-0.4, -0.2) is 55.2 Å². The van der Waals surface area contributed by atoms with Crippen LogP contribution in [0.3, 0.4) is 0 Å². The Morgan fingerprint density at radius 3 is 1.48 bits per heavy atom. The molecule has 350 valence electrons. The quantitative estimate of drug-likeness (QED) is 0.0118. The van der Waals surface area contributed by atoms with E-state index in [1.54, 1.807) is 0 Å². The first-order chi connectivity index (χ1) is 31.5. The monoisotopic (exact) mass is 879 g/mol. The van der Waals surface area contributed by atoms with Gasteiger partial charge in [-0.25, -0.2) is 0 Å². The minimum absolute atomic E-state index is 0.0132. The number of ether oxygens (including phenoxy) is 5. The van der Waals surface area contributed by atoms with E-state index in [9.17, 15) is 14.4 Å². The molecule has 2 saturated heterocycles. The van der Waals surface area contributed by atoms with E-state index in [0.29, 0.717) is 6.42 Å². The van der Waals surface area contributed by atoms with Gasteiger partial charge in [0, 0.05) is 19.3 Å². The lowest BCUT2D eigenvalue weighted by Gasteiger charge is -2.18. The lowest BCUT2D eigenvalue weighted by atomic mass is 10.1. The number of hydrogen-bond donors (Lipinski definition) is 0. The van der Waals surface area contributed by atoms with Crippen LogP contribution in [0.2, 0.25) is 0 Å². The van der Waals surface area contributed by atoms with Crippen LogP contribution in [0.25, 0.3) is 0 Å². The lowest BCUT2D eigenvalue weighted by molar-refractivity contribution is -0.199. The zero-order valence-corrected chi connectivity index (χ0v) is 39.5. The number of hydrogen-bond acceptors (Lipinski definition) is 8. The SMILES string of the molecule is CC/C=C\C=C/CCC[C@H]1O[C@@H]1C#CC#CCCC(=O)OC[C@@H](OC(=O)CCC#CC#C[C@H]1O[C@@H]1CCC/C=C\C=C/CC)OC(=O)CCCCCCC/C=C\CCCCCCCC. The second kappa shape index (κ2) is 39.8. The zero-order chi connectivity index (χ0) is 46.0. The van der Waals surface area contributed by atoms with Gasteiger partial charge in [-0.2, -0.15) is 0 Å². The van der Waals surface area contributed by atoms with Crippen molar-refractivity contribution < 1.29 is 38.1 Å². The molecule has 0 radical (unpaired) electrons. The first-order valence-corrected chi connectivity index (χ1v) is 24.6. The fraction of sp³-hybridized carbons (Fsp3) is 0.625. The second-order valence-electron chi connectivity index (χ2n) is 16.1. The topological polar surface area (TPSA) is 104 Å². The van der Waals surface area contributed by atoms with E-state index in [1.165, 1.54) is 44.9 Å². The Hall–Kier alpha value is -4.73. The summed E-state index contributed by atoms with van der Waals surface area (Å²) < 4.78 is 27.5. The molecule has 2 rings (SSSR count). The normalized spacial score (nSPS) is 17.9. The highest BCUT2D eigenvalue weighted by Gasteiger charge is 2.37. The summed E-state index contributed by atoms with van der Waals surface area (Å²) in [6.07, 6.45) is 43.9. The summed E-state index contributed by atoms with van der Waals surface area (Å²) >= 11 is 0. The van der Waals surface area contributed by atoms with E-state index in [0.717, 1.165) is 83.5 Å². The van der Waals surface area contributed by atoms with E-state index in [1.807, 2.05) is 0 Å². The summed E-state index contributed by atoms with van der Waals surface area (Å²) in [7, 11) is 0. The number of unbranched alkanes of at least 4 members (excludes halogenated alkanes) is 13. The molecule has 2 aliphatic heterocycles. The van der Waals surface area contributed by atoms with Crippen LogP contribution in [-0.2, 0) is 38.1 Å². The number of esters is 3. The van der Waals surface area contributed by atoms with Gasteiger partial charge >= 0.3 is 17.9 Å². The summed E-state index contributed by atoms with van der Waals surface area (Å²) in [5.74, 6) is 21.3. The minimum Gasteiger partial charge on any atom is -0.458 e. The molecule has 64 heavy (non-hydrogen) atoms. The summed E-state index contributed by atoms with van der Waals surface area (Å²) in [6, 6.07) is 0. The molecule has 0 N–H and O–H groups in total. The molecule has 5 atom stereocenters. The van der Waals surface area contributed by atoms with Crippen LogP contribution >= 0.6 is 0 Å². The van der Waals surface area contributed by atoms with Crippen molar-refractivity contribution >= 4 is 17.9 Å². The second-order valence-corrected chi connectivity index (χ2v) is 16.1. The average molecular weight is 879 g/mol. The van der Waals surface area contributed by atoms with Crippen molar-refractivity contribution in [2.45, 2.75) is 218 Å². The van der Waals surface area contributed by atoms with Gasteiger partial charge in [-0.05, 0) is 107 Å². The molecule has 0 saturated carbocycles. The third-order valence-electron chi connectivity index (χ3n) is 10.3. The largest absolute Gasteiger partial charge is 0.458 e. The highest BCUT2D eigenvalue weighted by atomic mass is 16.7. The van der Waals surface area contributed by atoms with Gasteiger partial charge in [-0.1, -0.05) is 157 Å². The van der Waals surface area contributed by atoms with Gasteiger partial charge in [0.2, 0.25) is 0 Å². The Kier molecular flexibility index (Phi) is 34.5. The van der Waals surface area contributed by atoms with Crippen molar-refractivity contribution in [3.8, 4) is 47.4 Å². The van der Waals surface area contributed by atoms with Crippen molar-refractivity contribution in [1.82, 2.24) is 0 Å². The van der Waals surface area contributed by atoms with Crippen LogP contribution in [0.1, 0.15) is 188 Å². The fourth-order valence-electron chi connectivity index (χ4n) is 6.46. The number of epoxide rings is 2. The highest BCUT2D eigenvalue weighted by molar-refractivity contribution is 5.72. The summed E-state index contributed by atoms with van der Waals surface area (Å²) in [5.41, 5.74) is 0. The first-order valence-electron chi connectivity index (χ1n) is 24.6. The highest BCUT2D eigenvalue weighted by Crippen LogP contribution is 2.27. The molecule has 0 aromatic rings. The average Bonchev–Trinajstić information content (AvgIpc) is 4.22. The van der Waals surface area contributed by atoms with E-state index in [-0.39, 0.29) is 56.5 Å². The molecule has 0 aromatic carbocycles. The van der Waals surface area contributed by atoms with Gasteiger partial charge in [0.25, 0.3) is 6.29 Å². The van der Waals surface area contributed by atoms with E-state index < -0.39 is 30.8 Å². The molecular weight excluding hydrogens is 801 g/mol. The maximum absolute atomic E-state index is 12.7. The van der Waals surface area contributed by atoms with Crippen LogP contribution in [0.5, 0.6) is 0 Å². The fourth-order valence-corrected chi connectivity index (χ4v) is 6.46. The van der Waals surface area contributed by atoms with Gasteiger partial charge in [-0.15, -0.1) is 0 Å². The third-order valence-corrected chi connectivity index (χ3v) is 10.3. The summed E-state index contributed by atoms with van der Waals surface area (Å²) in [6.45, 7) is 6.06.